The van der Waals surface area contributed by atoms with Crippen molar-refractivity contribution in [1.82, 2.24) is 4.90 Å². The van der Waals surface area contributed by atoms with Crippen LogP contribution in [0.4, 0.5) is 0 Å². The van der Waals surface area contributed by atoms with Gasteiger partial charge in [-0.15, -0.1) is 0 Å². The Morgan fingerprint density at radius 3 is 2.34 bits per heavy atom. The zero-order valence-corrected chi connectivity index (χ0v) is 19.1. The second kappa shape index (κ2) is 9.90. The number of benzene rings is 2. The number of carbonyl (C=O) groups is 2. The van der Waals surface area contributed by atoms with Crippen LogP contribution in [0.1, 0.15) is 79.5 Å². The van der Waals surface area contributed by atoms with Crippen LogP contribution in [0.15, 0.2) is 30.3 Å². The van der Waals surface area contributed by atoms with E-state index in [2.05, 4.69) is 18.7 Å². The Bertz CT molecular complexity index is 973. The van der Waals surface area contributed by atoms with Crippen LogP contribution in [0.3, 0.4) is 0 Å². The number of fused-ring (bicyclic) bond motifs is 1. The number of esters is 1. The first kappa shape index (κ1) is 22.6. The molecule has 2 aliphatic rings. The number of likely N-dealkylation sites (tertiary alicyclic amines) is 1. The lowest BCUT2D eigenvalue weighted by Gasteiger charge is -2.34. The number of primary amides is 1. The first-order valence-corrected chi connectivity index (χ1v) is 11.9. The van der Waals surface area contributed by atoms with Crippen LogP contribution in [-0.2, 0) is 4.74 Å². The van der Waals surface area contributed by atoms with Gasteiger partial charge in [0.15, 0.2) is 0 Å². The maximum Gasteiger partial charge on any atom is 0.339 e. The van der Waals surface area contributed by atoms with Gasteiger partial charge in [0, 0.05) is 19.1 Å². The van der Waals surface area contributed by atoms with Gasteiger partial charge in [0.2, 0.25) is 5.91 Å². The van der Waals surface area contributed by atoms with Gasteiger partial charge in [0.1, 0.15) is 18.0 Å². The summed E-state index contributed by atoms with van der Waals surface area (Å²) in [5, 5.41) is 1.47. The number of amides is 1. The normalized spacial score (nSPS) is 18.7. The molecule has 2 aromatic rings. The minimum Gasteiger partial charge on any atom is -0.490 e. The van der Waals surface area contributed by atoms with E-state index in [4.69, 9.17) is 15.2 Å². The molecule has 1 amide bonds. The quantitative estimate of drug-likeness (QED) is 0.662. The predicted molar refractivity (Wildman–Crippen MR) is 125 cm³/mol. The maximum atomic E-state index is 12.8. The summed E-state index contributed by atoms with van der Waals surface area (Å²) in [6.07, 6.45) is 7.16. The number of ether oxygens (including phenoxy) is 2. The van der Waals surface area contributed by atoms with E-state index in [1.807, 2.05) is 24.3 Å². The van der Waals surface area contributed by atoms with E-state index in [0.717, 1.165) is 62.8 Å². The van der Waals surface area contributed by atoms with Crippen LogP contribution in [0.2, 0.25) is 0 Å². The van der Waals surface area contributed by atoms with Crippen LogP contribution in [0.5, 0.6) is 5.75 Å². The summed E-state index contributed by atoms with van der Waals surface area (Å²) >= 11 is 0. The van der Waals surface area contributed by atoms with Crippen LogP contribution in [0, 0.1) is 0 Å². The highest BCUT2D eigenvalue weighted by Gasteiger charge is 2.25. The molecule has 2 aromatic carbocycles. The summed E-state index contributed by atoms with van der Waals surface area (Å²) < 4.78 is 11.9. The first-order valence-electron chi connectivity index (χ1n) is 11.9. The van der Waals surface area contributed by atoms with Crippen molar-refractivity contribution in [3.8, 4) is 5.75 Å². The lowest BCUT2D eigenvalue weighted by atomic mass is 9.96. The van der Waals surface area contributed by atoms with E-state index >= 15 is 0 Å². The third-order valence-electron chi connectivity index (χ3n) is 6.79. The van der Waals surface area contributed by atoms with Gasteiger partial charge in [-0.1, -0.05) is 12.5 Å². The fourth-order valence-corrected chi connectivity index (χ4v) is 4.92. The van der Waals surface area contributed by atoms with Crippen LogP contribution >= 0.6 is 0 Å². The van der Waals surface area contributed by atoms with Crippen LogP contribution in [0.25, 0.3) is 10.8 Å². The molecule has 1 saturated carbocycles. The SMILES string of the molecule is CC(C)N1CCC(Oc2ccc3c(C(N)=O)c(C(=O)OC4CCCCC4)ccc3c2)CC1. The lowest BCUT2D eigenvalue weighted by Crippen LogP contribution is -2.41. The molecular weight excluding hydrogens is 404 g/mol. The maximum absolute atomic E-state index is 12.8. The molecule has 0 atom stereocenters. The number of piperidine rings is 1. The molecule has 2 N–H and O–H groups in total. The number of carbonyl (C=O) groups excluding carboxylic acids is 2. The number of rotatable bonds is 6. The largest absolute Gasteiger partial charge is 0.490 e. The van der Waals surface area contributed by atoms with Gasteiger partial charge in [-0.25, -0.2) is 4.79 Å². The van der Waals surface area contributed by atoms with E-state index in [9.17, 15) is 9.59 Å². The van der Waals surface area contributed by atoms with E-state index in [-0.39, 0.29) is 23.3 Å². The Hall–Kier alpha value is -2.60. The molecule has 0 aromatic heterocycles. The highest BCUT2D eigenvalue weighted by atomic mass is 16.5. The van der Waals surface area contributed by atoms with Gasteiger partial charge in [-0.2, -0.15) is 0 Å². The highest BCUT2D eigenvalue weighted by molar-refractivity contribution is 6.14. The second-order valence-corrected chi connectivity index (χ2v) is 9.35. The Kier molecular flexibility index (Phi) is 6.99. The molecule has 0 radical (unpaired) electrons. The topological polar surface area (TPSA) is 81.9 Å². The van der Waals surface area contributed by atoms with Crippen molar-refractivity contribution < 1.29 is 19.1 Å². The van der Waals surface area contributed by atoms with Gasteiger partial charge in [0.05, 0.1) is 11.1 Å². The second-order valence-electron chi connectivity index (χ2n) is 9.35. The number of hydrogen-bond donors (Lipinski definition) is 1. The number of hydrogen-bond acceptors (Lipinski definition) is 5. The Morgan fingerprint density at radius 1 is 0.969 bits per heavy atom. The molecule has 2 fully saturated rings. The van der Waals surface area contributed by atoms with Crippen LogP contribution < -0.4 is 10.5 Å². The van der Waals surface area contributed by atoms with Crippen molar-refractivity contribution in [2.75, 3.05) is 13.1 Å². The molecule has 6 heteroatoms. The zero-order chi connectivity index (χ0) is 22.7. The fourth-order valence-electron chi connectivity index (χ4n) is 4.92. The summed E-state index contributed by atoms with van der Waals surface area (Å²) in [7, 11) is 0. The molecule has 0 unspecified atom stereocenters. The molecule has 32 heavy (non-hydrogen) atoms. The number of nitrogens with two attached hydrogens (primary N) is 1. The van der Waals surface area contributed by atoms with Crippen molar-refractivity contribution in [1.29, 1.82) is 0 Å². The third-order valence-corrected chi connectivity index (χ3v) is 6.79. The monoisotopic (exact) mass is 438 g/mol. The molecule has 0 spiro atoms. The van der Waals surface area contributed by atoms with Gasteiger partial charge in [-0.05, 0) is 87.4 Å². The molecule has 1 saturated heterocycles. The molecule has 0 bridgehead atoms. The van der Waals surface area contributed by atoms with Crippen molar-refractivity contribution >= 4 is 22.6 Å². The lowest BCUT2D eigenvalue weighted by molar-refractivity contribution is 0.0209. The van der Waals surface area contributed by atoms with Gasteiger partial charge in [0.25, 0.3) is 0 Å². The Labute approximate surface area is 190 Å². The smallest absolute Gasteiger partial charge is 0.339 e. The van der Waals surface area contributed by atoms with Gasteiger partial charge < -0.3 is 20.1 Å². The first-order chi connectivity index (χ1) is 15.4. The summed E-state index contributed by atoms with van der Waals surface area (Å²) in [4.78, 5) is 27.6. The van der Waals surface area contributed by atoms with Crippen molar-refractivity contribution in [2.45, 2.75) is 77.0 Å². The highest BCUT2D eigenvalue weighted by Crippen LogP contribution is 2.30. The molecule has 1 aliphatic heterocycles. The summed E-state index contributed by atoms with van der Waals surface area (Å²) in [5.74, 6) is -0.320. The number of nitrogens with zero attached hydrogens (tertiary/aromatic N) is 1. The summed E-state index contributed by atoms with van der Waals surface area (Å²) in [6, 6.07) is 9.66. The van der Waals surface area contributed by atoms with E-state index < -0.39 is 11.9 Å². The van der Waals surface area contributed by atoms with Gasteiger partial charge >= 0.3 is 5.97 Å². The van der Waals surface area contributed by atoms with Crippen molar-refractivity contribution in [3.63, 3.8) is 0 Å². The standard InChI is InChI=1S/C26H34N2O4/c1-17(2)28-14-12-20(13-15-28)31-21-9-11-22-18(16-21)8-10-23(24(22)25(27)29)26(30)32-19-6-4-3-5-7-19/h8-11,16-17,19-20H,3-7,12-15H2,1-2H3,(H2,27,29). The molecular formula is C26H34N2O4. The Balaban J connectivity index is 1.52. The minimum absolute atomic E-state index is 0.0782. The molecule has 4 rings (SSSR count). The molecule has 172 valence electrons. The predicted octanol–water partition coefficient (Wildman–Crippen LogP) is 4.68. The summed E-state index contributed by atoms with van der Waals surface area (Å²) in [6.45, 7) is 6.52. The third kappa shape index (κ3) is 5.07. The minimum atomic E-state index is -0.624. The van der Waals surface area contributed by atoms with E-state index in [1.165, 1.54) is 6.42 Å². The zero-order valence-electron chi connectivity index (χ0n) is 19.1. The van der Waals surface area contributed by atoms with E-state index in [0.29, 0.717) is 11.4 Å². The molecule has 1 heterocycles. The fraction of sp³-hybridized carbons (Fsp3) is 0.538. The van der Waals surface area contributed by atoms with Gasteiger partial charge in [-0.3, -0.25) is 4.79 Å². The molecule has 6 nitrogen and oxygen atoms in total. The average Bonchev–Trinajstić information content (AvgIpc) is 2.79. The average molecular weight is 439 g/mol. The van der Waals surface area contributed by atoms with Crippen LogP contribution in [-0.4, -0.2) is 48.1 Å². The van der Waals surface area contributed by atoms with E-state index in [1.54, 1.807) is 6.07 Å². The summed E-state index contributed by atoms with van der Waals surface area (Å²) in [5.41, 5.74) is 6.16. The molecule has 1 aliphatic carbocycles. The van der Waals surface area contributed by atoms with Crippen molar-refractivity contribution in [2.24, 2.45) is 5.73 Å². The Morgan fingerprint density at radius 2 is 1.69 bits per heavy atom. The van der Waals surface area contributed by atoms with Crippen molar-refractivity contribution in [3.05, 3.63) is 41.5 Å².